The molecular formula is C11H21NO3S. The van der Waals surface area contributed by atoms with Crippen LogP contribution in [0.1, 0.15) is 38.5 Å². The van der Waals surface area contributed by atoms with Crippen molar-refractivity contribution < 1.29 is 13.5 Å². The van der Waals surface area contributed by atoms with Crippen LogP contribution in [-0.4, -0.2) is 43.2 Å². The van der Waals surface area contributed by atoms with E-state index in [9.17, 15) is 13.5 Å². The maximum absolute atomic E-state index is 11.9. The monoisotopic (exact) mass is 247 g/mol. The van der Waals surface area contributed by atoms with E-state index < -0.39 is 15.9 Å². The molecule has 0 heterocycles. The van der Waals surface area contributed by atoms with Crippen molar-refractivity contribution in [2.75, 3.05) is 12.3 Å². The van der Waals surface area contributed by atoms with Crippen LogP contribution in [0.15, 0.2) is 0 Å². The first kappa shape index (κ1) is 12.3. The quantitative estimate of drug-likeness (QED) is 0.715. The Morgan fingerprint density at radius 2 is 1.81 bits per heavy atom. The normalized spacial score (nSPS) is 24.8. The highest BCUT2D eigenvalue weighted by Gasteiger charge is 2.31. The van der Waals surface area contributed by atoms with Crippen LogP contribution in [0.25, 0.3) is 0 Å². The van der Waals surface area contributed by atoms with E-state index in [1.807, 2.05) is 0 Å². The summed E-state index contributed by atoms with van der Waals surface area (Å²) in [6.07, 6.45) is 5.16. The molecule has 0 aromatic heterocycles. The van der Waals surface area contributed by atoms with E-state index >= 15 is 0 Å². The Kier molecular flexibility index (Phi) is 3.87. The number of sulfone groups is 1. The van der Waals surface area contributed by atoms with Crippen molar-refractivity contribution in [3.05, 3.63) is 0 Å². The van der Waals surface area contributed by atoms with Crippen molar-refractivity contribution in [2.24, 2.45) is 0 Å². The Hall–Kier alpha value is -0.130. The smallest absolute Gasteiger partial charge is 0.155 e. The summed E-state index contributed by atoms with van der Waals surface area (Å²) >= 11 is 0. The zero-order chi connectivity index (χ0) is 11.6. The van der Waals surface area contributed by atoms with Gasteiger partial charge in [-0.05, 0) is 25.7 Å². The molecule has 2 fully saturated rings. The molecule has 0 spiro atoms. The number of nitrogens with one attached hydrogen (secondary N) is 1. The van der Waals surface area contributed by atoms with Gasteiger partial charge in [0.2, 0.25) is 0 Å². The lowest BCUT2D eigenvalue weighted by molar-refractivity contribution is 0.193. The van der Waals surface area contributed by atoms with Gasteiger partial charge in [0.15, 0.2) is 9.84 Å². The van der Waals surface area contributed by atoms with Gasteiger partial charge < -0.3 is 10.4 Å². The molecule has 2 rings (SSSR count). The minimum atomic E-state index is -3.08. The molecule has 94 valence electrons. The van der Waals surface area contributed by atoms with Gasteiger partial charge in [-0.15, -0.1) is 0 Å². The van der Waals surface area contributed by atoms with Gasteiger partial charge in [-0.3, -0.25) is 0 Å². The van der Waals surface area contributed by atoms with Gasteiger partial charge in [0.25, 0.3) is 0 Å². The minimum Gasteiger partial charge on any atom is -0.391 e. The van der Waals surface area contributed by atoms with E-state index in [2.05, 4.69) is 5.32 Å². The van der Waals surface area contributed by atoms with Crippen LogP contribution in [0.2, 0.25) is 0 Å². The summed E-state index contributed by atoms with van der Waals surface area (Å²) in [6.45, 7) is 0.413. The molecule has 0 aliphatic heterocycles. The summed E-state index contributed by atoms with van der Waals surface area (Å²) in [5, 5.41) is 12.6. The number of aliphatic hydroxyl groups excluding tert-OH is 1. The van der Waals surface area contributed by atoms with E-state index in [-0.39, 0.29) is 11.0 Å². The van der Waals surface area contributed by atoms with Gasteiger partial charge in [-0.1, -0.05) is 12.8 Å². The molecule has 0 aromatic carbocycles. The van der Waals surface area contributed by atoms with Crippen LogP contribution >= 0.6 is 0 Å². The van der Waals surface area contributed by atoms with Crippen LogP contribution < -0.4 is 5.32 Å². The average Bonchev–Trinajstić information content (AvgIpc) is 2.85. The molecule has 0 radical (unpaired) electrons. The molecule has 1 atom stereocenters. The van der Waals surface area contributed by atoms with Crippen molar-refractivity contribution in [1.82, 2.24) is 5.32 Å². The van der Waals surface area contributed by atoms with Crippen molar-refractivity contribution in [2.45, 2.75) is 55.9 Å². The molecule has 1 unspecified atom stereocenters. The molecule has 0 bridgehead atoms. The topological polar surface area (TPSA) is 66.4 Å². The third-order valence-corrected chi connectivity index (χ3v) is 5.79. The molecule has 0 amide bonds. The summed E-state index contributed by atoms with van der Waals surface area (Å²) in [5.74, 6) is -0.0720. The number of hydrogen-bond donors (Lipinski definition) is 2. The van der Waals surface area contributed by atoms with Gasteiger partial charge in [0, 0.05) is 12.6 Å². The summed E-state index contributed by atoms with van der Waals surface area (Å²) in [7, 11) is -3.08. The number of aliphatic hydroxyl groups is 1. The third-order valence-electron chi connectivity index (χ3n) is 3.45. The summed E-state index contributed by atoms with van der Waals surface area (Å²) in [4.78, 5) is 0. The van der Waals surface area contributed by atoms with Gasteiger partial charge in [0.1, 0.15) is 0 Å². The Morgan fingerprint density at radius 3 is 2.38 bits per heavy atom. The fraction of sp³-hybridized carbons (Fsp3) is 1.00. The predicted octanol–water partition coefficient (Wildman–Crippen LogP) is 0.457. The summed E-state index contributed by atoms with van der Waals surface area (Å²) in [6, 6.07) is 0.517. The van der Waals surface area contributed by atoms with Gasteiger partial charge in [0.05, 0.1) is 17.1 Å². The Balaban J connectivity index is 1.76. The fourth-order valence-electron chi connectivity index (χ4n) is 2.30. The van der Waals surface area contributed by atoms with Crippen LogP contribution in [0.3, 0.4) is 0 Å². The molecule has 2 aliphatic carbocycles. The highest BCUT2D eigenvalue weighted by molar-refractivity contribution is 7.92. The van der Waals surface area contributed by atoms with E-state index in [0.29, 0.717) is 12.6 Å². The first-order valence-corrected chi connectivity index (χ1v) is 7.92. The van der Waals surface area contributed by atoms with Gasteiger partial charge >= 0.3 is 0 Å². The van der Waals surface area contributed by atoms with Crippen molar-refractivity contribution in [3.63, 3.8) is 0 Å². The molecule has 0 saturated heterocycles. The van der Waals surface area contributed by atoms with Crippen LogP contribution in [0.5, 0.6) is 0 Å². The molecule has 2 N–H and O–H groups in total. The number of hydrogen-bond acceptors (Lipinski definition) is 4. The maximum Gasteiger partial charge on any atom is 0.155 e. The first-order valence-electron chi connectivity index (χ1n) is 6.21. The van der Waals surface area contributed by atoms with Crippen LogP contribution in [-0.2, 0) is 9.84 Å². The van der Waals surface area contributed by atoms with E-state index in [4.69, 9.17) is 0 Å². The molecule has 4 nitrogen and oxygen atoms in total. The highest BCUT2D eigenvalue weighted by atomic mass is 32.2. The molecule has 2 saturated carbocycles. The molecule has 5 heteroatoms. The van der Waals surface area contributed by atoms with E-state index in [1.165, 1.54) is 0 Å². The lowest BCUT2D eigenvalue weighted by Gasteiger charge is -2.15. The van der Waals surface area contributed by atoms with Crippen molar-refractivity contribution in [3.8, 4) is 0 Å². The van der Waals surface area contributed by atoms with Gasteiger partial charge in [-0.2, -0.15) is 0 Å². The van der Waals surface area contributed by atoms with Crippen molar-refractivity contribution in [1.29, 1.82) is 0 Å². The zero-order valence-electron chi connectivity index (χ0n) is 9.56. The van der Waals surface area contributed by atoms with Crippen LogP contribution in [0.4, 0.5) is 0 Å². The SMILES string of the molecule is O=S(=O)(CC(O)CNC1CC1)C1CCCC1. The second-order valence-corrected chi connectivity index (χ2v) is 7.40. The van der Waals surface area contributed by atoms with Gasteiger partial charge in [-0.25, -0.2) is 8.42 Å². The zero-order valence-corrected chi connectivity index (χ0v) is 10.4. The largest absolute Gasteiger partial charge is 0.391 e. The lowest BCUT2D eigenvalue weighted by atomic mass is 10.4. The molecular weight excluding hydrogens is 226 g/mol. The first-order chi connectivity index (χ1) is 7.58. The summed E-state index contributed by atoms with van der Waals surface area (Å²) < 4.78 is 23.8. The second kappa shape index (κ2) is 5.02. The maximum atomic E-state index is 11.9. The molecule has 16 heavy (non-hydrogen) atoms. The lowest BCUT2D eigenvalue weighted by Crippen LogP contribution is -2.36. The summed E-state index contributed by atoms with van der Waals surface area (Å²) in [5.41, 5.74) is 0. The Bertz CT molecular complexity index is 318. The second-order valence-electron chi connectivity index (χ2n) is 5.07. The van der Waals surface area contributed by atoms with E-state index in [0.717, 1.165) is 38.5 Å². The third kappa shape index (κ3) is 3.43. The van der Waals surface area contributed by atoms with Crippen molar-refractivity contribution >= 4 is 9.84 Å². The minimum absolute atomic E-state index is 0.0720. The Morgan fingerprint density at radius 1 is 1.19 bits per heavy atom. The Labute approximate surface area is 97.3 Å². The number of rotatable bonds is 6. The molecule has 0 aromatic rings. The van der Waals surface area contributed by atoms with E-state index in [1.54, 1.807) is 0 Å². The average molecular weight is 247 g/mol. The fourth-order valence-corrected chi connectivity index (χ4v) is 4.28. The predicted molar refractivity (Wildman–Crippen MR) is 63.1 cm³/mol. The standard InChI is InChI=1S/C11H21NO3S/c13-10(7-12-9-5-6-9)8-16(14,15)11-3-1-2-4-11/h9-13H,1-8H2. The molecule has 2 aliphatic rings. The van der Waals surface area contributed by atoms with Crippen LogP contribution in [0, 0.1) is 0 Å². The highest BCUT2D eigenvalue weighted by Crippen LogP contribution is 2.25.